The molecule has 2 aromatic rings. The molecule has 0 saturated carbocycles. The molecule has 0 aromatic carbocycles. The third kappa shape index (κ3) is 3.10. The molecule has 94 valence electrons. The van der Waals surface area contributed by atoms with Crippen LogP contribution in [0.1, 0.15) is 5.56 Å². The average molecular weight is 245 g/mol. The molecule has 0 unspecified atom stereocenters. The second-order valence-corrected chi connectivity index (χ2v) is 3.63. The van der Waals surface area contributed by atoms with Crippen molar-refractivity contribution in [2.45, 2.75) is 6.54 Å². The summed E-state index contributed by atoms with van der Waals surface area (Å²) in [6, 6.07) is 9.39. The van der Waals surface area contributed by atoms with Crippen LogP contribution in [0.2, 0.25) is 0 Å². The first kappa shape index (κ1) is 12.2. The van der Waals surface area contributed by atoms with Crippen LogP contribution in [-0.2, 0) is 6.54 Å². The minimum absolute atomic E-state index is 0.590. The minimum Gasteiger partial charge on any atom is -0.481 e. The highest BCUT2D eigenvalue weighted by Gasteiger charge is 1.99. The van der Waals surface area contributed by atoms with E-state index in [1.54, 1.807) is 26.5 Å². The SMILES string of the molecule is COc1cc(CNc2cccc(OC)n2)ccn1. The van der Waals surface area contributed by atoms with Crippen LogP contribution in [0.3, 0.4) is 0 Å². The molecule has 2 rings (SSSR count). The Balaban J connectivity index is 2.01. The predicted octanol–water partition coefficient (Wildman–Crippen LogP) is 2.11. The molecular formula is C13H15N3O2. The molecular weight excluding hydrogens is 230 g/mol. The monoisotopic (exact) mass is 245 g/mol. The second-order valence-electron chi connectivity index (χ2n) is 3.63. The van der Waals surface area contributed by atoms with Crippen LogP contribution in [0, 0.1) is 0 Å². The molecule has 5 heteroatoms. The van der Waals surface area contributed by atoms with Gasteiger partial charge in [-0.3, -0.25) is 0 Å². The first-order valence-corrected chi connectivity index (χ1v) is 5.55. The molecule has 0 radical (unpaired) electrons. The number of methoxy groups -OCH3 is 2. The van der Waals surface area contributed by atoms with E-state index in [2.05, 4.69) is 15.3 Å². The van der Waals surface area contributed by atoms with E-state index in [1.165, 1.54) is 0 Å². The Morgan fingerprint density at radius 1 is 1.11 bits per heavy atom. The van der Waals surface area contributed by atoms with Crippen molar-refractivity contribution in [3.8, 4) is 11.8 Å². The van der Waals surface area contributed by atoms with Gasteiger partial charge in [-0.2, -0.15) is 4.98 Å². The Hall–Kier alpha value is -2.30. The fourth-order valence-electron chi connectivity index (χ4n) is 1.49. The number of pyridine rings is 2. The molecule has 0 bridgehead atoms. The normalized spacial score (nSPS) is 9.89. The summed E-state index contributed by atoms with van der Waals surface area (Å²) in [5.74, 6) is 1.96. The van der Waals surface area contributed by atoms with Crippen molar-refractivity contribution in [1.82, 2.24) is 9.97 Å². The largest absolute Gasteiger partial charge is 0.481 e. The lowest BCUT2D eigenvalue weighted by atomic mass is 10.2. The van der Waals surface area contributed by atoms with Gasteiger partial charge in [-0.25, -0.2) is 4.98 Å². The molecule has 1 N–H and O–H groups in total. The summed E-state index contributed by atoms with van der Waals surface area (Å²) in [5.41, 5.74) is 1.08. The van der Waals surface area contributed by atoms with Crippen LogP contribution in [0.25, 0.3) is 0 Å². The van der Waals surface area contributed by atoms with E-state index < -0.39 is 0 Å². The summed E-state index contributed by atoms with van der Waals surface area (Å²) in [4.78, 5) is 8.32. The van der Waals surface area contributed by atoms with Crippen LogP contribution in [-0.4, -0.2) is 24.2 Å². The predicted molar refractivity (Wildman–Crippen MR) is 68.9 cm³/mol. The number of hydrogen-bond donors (Lipinski definition) is 1. The van der Waals surface area contributed by atoms with Gasteiger partial charge < -0.3 is 14.8 Å². The smallest absolute Gasteiger partial charge is 0.214 e. The van der Waals surface area contributed by atoms with E-state index in [9.17, 15) is 0 Å². The van der Waals surface area contributed by atoms with E-state index in [-0.39, 0.29) is 0 Å². The van der Waals surface area contributed by atoms with Gasteiger partial charge in [-0.1, -0.05) is 6.07 Å². The lowest BCUT2D eigenvalue weighted by Crippen LogP contribution is -2.02. The second kappa shape index (κ2) is 5.86. The maximum atomic E-state index is 5.07. The number of rotatable bonds is 5. The highest BCUT2D eigenvalue weighted by molar-refractivity contribution is 5.38. The van der Waals surface area contributed by atoms with Gasteiger partial charge in [0.1, 0.15) is 5.82 Å². The van der Waals surface area contributed by atoms with Crippen LogP contribution in [0.5, 0.6) is 11.8 Å². The number of anilines is 1. The molecule has 0 spiro atoms. The molecule has 0 saturated heterocycles. The Kier molecular flexibility index (Phi) is 3.96. The zero-order valence-electron chi connectivity index (χ0n) is 10.4. The van der Waals surface area contributed by atoms with Crippen LogP contribution in [0.4, 0.5) is 5.82 Å². The van der Waals surface area contributed by atoms with Gasteiger partial charge in [0.2, 0.25) is 11.8 Å². The Bertz CT molecular complexity index is 470. The highest BCUT2D eigenvalue weighted by Crippen LogP contribution is 2.13. The first-order chi connectivity index (χ1) is 8.81. The molecule has 0 fully saturated rings. The van der Waals surface area contributed by atoms with E-state index in [4.69, 9.17) is 9.47 Å². The molecule has 0 atom stereocenters. The molecule has 0 aliphatic heterocycles. The summed E-state index contributed by atoms with van der Waals surface area (Å²) >= 11 is 0. The summed E-state index contributed by atoms with van der Waals surface area (Å²) < 4.78 is 10.1. The average Bonchev–Trinajstić information content (AvgIpc) is 2.45. The molecule has 18 heavy (non-hydrogen) atoms. The maximum absolute atomic E-state index is 5.07. The molecule has 2 heterocycles. The Morgan fingerprint density at radius 3 is 2.72 bits per heavy atom. The van der Waals surface area contributed by atoms with Gasteiger partial charge in [0, 0.05) is 24.9 Å². The topological polar surface area (TPSA) is 56.3 Å². The number of nitrogens with zero attached hydrogens (tertiary/aromatic N) is 2. The van der Waals surface area contributed by atoms with Gasteiger partial charge in [0.15, 0.2) is 0 Å². The third-order valence-electron chi connectivity index (χ3n) is 2.41. The van der Waals surface area contributed by atoms with Gasteiger partial charge in [0.25, 0.3) is 0 Å². The number of nitrogens with one attached hydrogen (secondary N) is 1. The van der Waals surface area contributed by atoms with Crippen LogP contribution in [0.15, 0.2) is 36.5 Å². The minimum atomic E-state index is 0.590. The van der Waals surface area contributed by atoms with Crippen molar-refractivity contribution in [1.29, 1.82) is 0 Å². The van der Waals surface area contributed by atoms with E-state index >= 15 is 0 Å². The number of hydrogen-bond acceptors (Lipinski definition) is 5. The van der Waals surface area contributed by atoms with Crippen molar-refractivity contribution >= 4 is 5.82 Å². The standard InChI is InChI=1S/C13H15N3O2/c1-17-12-5-3-4-11(16-12)15-9-10-6-7-14-13(8-10)18-2/h3-8H,9H2,1-2H3,(H,15,16). The lowest BCUT2D eigenvalue weighted by Gasteiger charge is -2.07. The maximum Gasteiger partial charge on any atom is 0.214 e. The molecule has 0 aliphatic rings. The van der Waals surface area contributed by atoms with E-state index in [0.29, 0.717) is 18.3 Å². The van der Waals surface area contributed by atoms with E-state index in [1.807, 2.05) is 24.3 Å². The van der Waals surface area contributed by atoms with Crippen LogP contribution >= 0.6 is 0 Å². The van der Waals surface area contributed by atoms with Gasteiger partial charge in [0.05, 0.1) is 14.2 Å². The third-order valence-corrected chi connectivity index (χ3v) is 2.41. The zero-order valence-corrected chi connectivity index (χ0v) is 10.4. The highest BCUT2D eigenvalue weighted by atomic mass is 16.5. The van der Waals surface area contributed by atoms with Crippen molar-refractivity contribution < 1.29 is 9.47 Å². The fourth-order valence-corrected chi connectivity index (χ4v) is 1.49. The number of aromatic nitrogens is 2. The number of ether oxygens (including phenoxy) is 2. The van der Waals surface area contributed by atoms with Crippen molar-refractivity contribution in [3.05, 3.63) is 42.1 Å². The lowest BCUT2D eigenvalue weighted by molar-refractivity contribution is 0.397. The van der Waals surface area contributed by atoms with Gasteiger partial charge in [-0.15, -0.1) is 0 Å². The van der Waals surface area contributed by atoms with Gasteiger partial charge in [-0.05, 0) is 17.7 Å². The van der Waals surface area contributed by atoms with Crippen LogP contribution < -0.4 is 14.8 Å². The molecule has 2 aromatic heterocycles. The Morgan fingerprint density at radius 2 is 1.94 bits per heavy atom. The molecule has 0 amide bonds. The quantitative estimate of drug-likeness (QED) is 0.874. The van der Waals surface area contributed by atoms with Crippen molar-refractivity contribution in [3.63, 3.8) is 0 Å². The zero-order chi connectivity index (χ0) is 12.8. The van der Waals surface area contributed by atoms with Crippen molar-refractivity contribution in [2.75, 3.05) is 19.5 Å². The summed E-state index contributed by atoms with van der Waals surface area (Å²) in [5, 5.41) is 3.21. The fraction of sp³-hybridized carbons (Fsp3) is 0.231. The summed E-state index contributed by atoms with van der Waals surface area (Å²) in [6.07, 6.45) is 1.72. The summed E-state index contributed by atoms with van der Waals surface area (Å²) in [7, 11) is 3.20. The first-order valence-electron chi connectivity index (χ1n) is 5.55. The van der Waals surface area contributed by atoms with Crippen molar-refractivity contribution in [2.24, 2.45) is 0 Å². The Labute approximate surface area is 106 Å². The van der Waals surface area contributed by atoms with E-state index in [0.717, 1.165) is 11.4 Å². The molecule has 0 aliphatic carbocycles. The van der Waals surface area contributed by atoms with Gasteiger partial charge >= 0.3 is 0 Å². The summed E-state index contributed by atoms with van der Waals surface area (Å²) in [6.45, 7) is 0.652. The molecule has 5 nitrogen and oxygen atoms in total.